The highest BCUT2D eigenvalue weighted by molar-refractivity contribution is 5.89. The van der Waals surface area contributed by atoms with Gasteiger partial charge in [-0.25, -0.2) is 9.59 Å². The number of nitrogens with zero attached hydrogens (tertiary/aromatic N) is 1. The zero-order valence-electron chi connectivity index (χ0n) is 26.7. The topological polar surface area (TPSA) is 74.3 Å². The molecule has 0 atom stereocenters. The highest BCUT2D eigenvalue weighted by atomic mass is 16.5. The van der Waals surface area contributed by atoms with Crippen molar-refractivity contribution in [1.82, 2.24) is 4.90 Å². The molecule has 0 saturated heterocycles. The van der Waals surface area contributed by atoms with E-state index in [2.05, 4.69) is 49.1 Å². The summed E-state index contributed by atoms with van der Waals surface area (Å²) < 4.78 is 22.2. The maximum Gasteiger partial charge on any atom is 0.338 e. The van der Waals surface area contributed by atoms with Crippen LogP contribution in [0.4, 0.5) is 0 Å². The molecule has 0 aliphatic heterocycles. The molecule has 4 aromatic carbocycles. The Morgan fingerprint density at radius 2 is 1.38 bits per heavy atom. The molecule has 4 aromatic rings. The molecule has 7 nitrogen and oxygen atoms in total. The third kappa shape index (κ3) is 10.2. The van der Waals surface area contributed by atoms with Gasteiger partial charge in [0.1, 0.15) is 24.7 Å². The first-order chi connectivity index (χ1) is 21.9. The van der Waals surface area contributed by atoms with Crippen molar-refractivity contribution in [2.75, 3.05) is 33.4 Å². The molecule has 0 radical (unpaired) electrons. The van der Waals surface area contributed by atoms with E-state index in [0.717, 1.165) is 35.4 Å². The molecule has 0 aliphatic rings. The molecule has 7 heteroatoms. The van der Waals surface area contributed by atoms with Crippen molar-refractivity contribution in [3.63, 3.8) is 0 Å². The number of benzene rings is 4. The molecule has 4 rings (SSSR count). The van der Waals surface area contributed by atoms with Crippen LogP contribution < -0.4 is 9.47 Å². The molecule has 0 heterocycles. The first-order valence-corrected chi connectivity index (χ1v) is 15.5. The van der Waals surface area contributed by atoms with Gasteiger partial charge >= 0.3 is 11.9 Å². The normalized spacial score (nSPS) is 11.0. The number of ether oxygens (including phenoxy) is 4. The minimum atomic E-state index is -0.353. The first-order valence-electron chi connectivity index (χ1n) is 15.5. The van der Waals surface area contributed by atoms with E-state index in [4.69, 9.17) is 18.9 Å². The lowest BCUT2D eigenvalue weighted by molar-refractivity contribution is 0.0525. The van der Waals surface area contributed by atoms with Gasteiger partial charge in [-0.2, -0.15) is 0 Å². The van der Waals surface area contributed by atoms with Crippen LogP contribution in [0, 0.1) is 0 Å². The smallest absolute Gasteiger partial charge is 0.338 e. The van der Waals surface area contributed by atoms with Crippen molar-refractivity contribution in [1.29, 1.82) is 0 Å². The van der Waals surface area contributed by atoms with Crippen molar-refractivity contribution in [2.24, 2.45) is 0 Å². The zero-order chi connectivity index (χ0) is 32.0. The quantitative estimate of drug-likeness (QED) is 0.122. The van der Waals surface area contributed by atoms with Gasteiger partial charge in [0.2, 0.25) is 0 Å². The van der Waals surface area contributed by atoms with Crippen molar-refractivity contribution < 1.29 is 28.5 Å². The lowest BCUT2D eigenvalue weighted by Gasteiger charge is -2.23. The molecule has 0 unspecified atom stereocenters. The number of rotatable bonds is 16. The molecule has 0 aromatic heterocycles. The number of hydrogen-bond donors (Lipinski definition) is 0. The predicted octanol–water partition coefficient (Wildman–Crippen LogP) is 7.48. The van der Waals surface area contributed by atoms with Crippen molar-refractivity contribution in [2.45, 2.75) is 46.3 Å². The SMILES string of the molecule is CCOC(=O)c1ccc(OCCN(CCc2ccccc2OCc2ccc(C(C)C)cc2)Cc2ccc(C(=O)OC)cc2)cc1. The summed E-state index contributed by atoms with van der Waals surface area (Å²) >= 11 is 0. The number of para-hydroxylation sites is 1. The second-order valence-electron chi connectivity index (χ2n) is 11.1. The summed E-state index contributed by atoms with van der Waals surface area (Å²) in [5.41, 5.74) is 5.69. The maximum atomic E-state index is 12.0. The van der Waals surface area contributed by atoms with E-state index in [1.165, 1.54) is 12.7 Å². The van der Waals surface area contributed by atoms with Gasteiger partial charge in [-0.05, 0) is 84.0 Å². The van der Waals surface area contributed by atoms with Gasteiger partial charge in [0.25, 0.3) is 0 Å². The van der Waals surface area contributed by atoms with Crippen molar-refractivity contribution in [3.8, 4) is 11.5 Å². The van der Waals surface area contributed by atoms with Crippen LogP contribution in [0.15, 0.2) is 97.1 Å². The average Bonchev–Trinajstić information content (AvgIpc) is 3.07. The van der Waals surface area contributed by atoms with Crippen LogP contribution in [0.2, 0.25) is 0 Å². The van der Waals surface area contributed by atoms with Gasteiger partial charge in [0.15, 0.2) is 0 Å². The van der Waals surface area contributed by atoms with Crippen LogP contribution in [0.3, 0.4) is 0 Å². The summed E-state index contributed by atoms with van der Waals surface area (Å²) in [5.74, 6) is 1.36. The van der Waals surface area contributed by atoms with Crippen LogP contribution in [0.5, 0.6) is 11.5 Å². The molecule has 236 valence electrons. The van der Waals surface area contributed by atoms with E-state index in [9.17, 15) is 9.59 Å². The molecule has 45 heavy (non-hydrogen) atoms. The summed E-state index contributed by atoms with van der Waals surface area (Å²) in [6.07, 6.45) is 0.789. The summed E-state index contributed by atoms with van der Waals surface area (Å²) in [6, 6.07) is 31.3. The molecule has 0 bridgehead atoms. The Morgan fingerprint density at radius 3 is 2.04 bits per heavy atom. The van der Waals surface area contributed by atoms with Crippen LogP contribution in [-0.4, -0.2) is 50.3 Å². The lowest BCUT2D eigenvalue weighted by atomic mass is 10.0. The monoisotopic (exact) mass is 609 g/mol. The van der Waals surface area contributed by atoms with Crippen LogP contribution in [0.1, 0.15) is 69.7 Å². The molecular formula is C38H43NO6. The fourth-order valence-electron chi connectivity index (χ4n) is 4.88. The van der Waals surface area contributed by atoms with Crippen molar-refractivity contribution in [3.05, 3.63) is 130 Å². The molecule has 0 amide bonds. The summed E-state index contributed by atoms with van der Waals surface area (Å²) in [6.45, 7) is 9.60. The third-order valence-electron chi connectivity index (χ3n) is 7.53. The number of carbonyl (C=O) groups excluding carboxylic acids is 2. The third-order valence-corrected chi connectivity index (χ3v) is 7.53. The molecule has 0 N–H and O–H groups in total. The number of esters is 2. The largest absolute Gasteiger partial charge is 0.492 e. The van der Waals surface area contributed by atoms with E-state index in [1.807, 2.05) is 30.3 Å². The fourth-order valence-corrected chi connectivity index (χ4v) is 4.88. The first kappa shape index (κ1) is 33.3. The van der Waals surface area contributed by atoms with Gasteiger partial charge in [0.05, 0.1) is 24.8 Å². The highest BCUT2D eigenvalue weighted by Crippen LogP contribution is 2.22. The minimum Gasteiger partial charge on any atom is -0.492 e. The van der Waals surface area contributed by atoms with Crippen molar-refractivity contribution >= 4 is 11.9 Å². The van der Waals surface area contributed by atoms with E-state index in [0.29, 0.717) is 55.7 Å². The van der Waals surface area contributed by atoms with Gasteiger partial charge in [-0.15, -0.1) is 0 Å². The summed E-state index contributed by atoms with van der Waals surface area (Å²) in [7, 11) is 1.38. The average molecular weight is 610 g/mol. The van der Waals surface area contributed by atoms with Gasteiger partial charge in [0, 0.05) is 19.6 Å². The van der Waals surface area contributed by atoms with Gasteiger partial charge in [-0.3, -0.25) is 4.90 Å². The van der Waals surface area contributed by atoms with E-state index >= 15 is 0 Å². The number of methoxy groups -OCH3 is 1. The second kappa shape index (κ2) is 17.0. The maximum absolute atomic E-state index is 12.0. The molecule has 0 spiro atoms. The van der Waals surface area contributed by atoms with Crippen LogP contribution in [-0.2, 0) is 29.0 Å². The highest BCUT2D eigenvalue weighted by Gasteiger charge is 2.12. The second-order valence-corrected chi connectivity index (χ2v) is 11.1. The molecule has 0 fully saturated rings. The molecule has 0 saturated carbocycles. The predicted molar refractivity (Wildman–Crippen MR) is 176 cm³/mol. The molecule has 0 aliphatic carbocycles. The Kier molecular flexibility index (Phi) is 12.6. The van der Waals surface area contributed by atoms with E-state index in [1.54, 1.807) is 43.3 Å². The molecular weight excluding hydrogens is 566 g/mol. The Morgan fingerprint density at radius 1 is 0.733 bits per heavy atom. The Hall–Kier alpha value is -4.62. The van der Waals surface area contributed by atoms with E-state index < -0.39 is 0 Å². The fraction of sp³-hybridized carbons (Fsp3) is 0.316. The Balaban J connectivity index is 1.40. The zero-order valence-corrected chi connectivity index (χ0v) is 26.7. The minimum absolute atomic E-state index is 0.334. The van der Waals surface area contributed by atoms with Gasteiger partial charge in [-0.1, -0.05) is 68.4 Å². The summed E-state index contributed by atoms with van der Waals surface area (Å²) in [5, 5.41) is 0. The Bertz CT molecular complexity index is 1500. The van der Waals surface area contributed by atoms with Gasteiger partial charge < -0.3 is 18.9 Å². The standard InChI is InChI=1S/C38H43NO6/c1-5-43-38(41)34-18-20-35(21-19-34)44-25-24-39(26-29-10-16-33(17-11-29)37(40)42-4)23-22-32-8-6-7-9-36(32)45-27-30-12-14-31(15-13-30)28(2)3/h6-21,28H,5,22-27H2,1-4H3. The van der Waals surface area contributed by atoms with Crippen LogP contribution in [0.25, 0.3) is 0 Å². The lowest BCUT2D eigenvalue weighted by Crippen LogP contribution is -2.30. The Labute approximate surface area is 266 Å². The van der Waals surface area contributed by atoms with Crippen LogP contribution >= 0.6 is 0 Å². The number of hydrogen-bond acceptors (Lipinski definition) is 7. The van der Waals surface area contributed by atoms with E-state index in [-0.39, 0.29) is 11.9 Å². The number of carbonyl (C=O) groups is 2. The summed E-state index contributed by atoms with van der Waals surface area (Å²) in [4.78, 5) is 26.2.